The number of piperazine rings is 1. The fourth-order valence-corrected chi connectivity index (χ4v) is 3.60. The number of amides is 2. The van der Waals surface area contributed by atoms with Crippen molar-refractivity contribution in [2.75, 3.05) is 19.6 Å². The normalized spacial score (nSPS) is 19.3. The van der Waals surface area contributed by atoms with Crippen LogP contribution in [0.5, 0.6) is 0 Å². The zero-order valence-corrected chi connectivity index (χ0v) is 15.7. The quantitative estimate of drug-likeness (QED) is 0.423. The number of guanidine groups is 1. The maximum Gasteiger partial charge on any atom is 0.254 e. The molecule has 1 saturated heterocycles. The second-order valence-electron chi connectivity index (χ2n) is 7.31. The predicted octanol–water partition coefficient (Wildman–Crippen LogP) is 1.39. The van der Waals surface area contributed by atoms with Gasteiger partial charge in [-0.05, 0) is 30.5 Å². The first kappa shape index (κ1) is 19.2. The van der Waals surface area contributed by atoms with Crippen LogP contribution in [0.1, 0.15) is 54.4 Å². The standard InChI is InChI=1S/C20H29N5O2/c21-20(24-17-5-3-1-2-4-6-17)23-13-15-7-9-16(10-8-15)19(27)25-12-11-22-18(26)14-25/h7-10,17H,1-6,11-14H2,(H,22,26)(H3,21,23,24). The van der Waals surface area contributed by atoms with E-state index in [1.807, 2.05) is 12.1 Å². The van der Waals surface area contributed by atoms with Crippen molar-refractivity contribution >= 4 is 17.8 Å². The summed E-state index contributed by atoms with van der Waals surface area (Å²) in [5, 5.41) is 6.06. The maximum absolute atomic E-state index is 12.5. The number of benzene rings is 1. The topological polar surface area (TPSA) is 99.8 Å². The first-order valence-electron chi connectivity index (χ1n) is 9.83. The van der Waals surface area contributed by atoms with Gasteiger partial charge < -0.3 is 21.3 Å². The minimum absolute atomic E-state index is 0.114. The molecular formula is C20H29N5O2. The van der Waals surface area contributed by atoms with Crippen molar-refractivity contribution in [1.82, 2.24) is 15.5 Å². The number of rotatable bonds is 4. The van der Waals surface area contributed by atoms with E-state index in [1.54, 1.807) is 17.0 Å². The number of nitrogens with zero attached hydrogens (tertiary/aromatic N) is 2. The molecule has 1 aliphatic heterocycles. The molecule has 1 heterocycles. The number of hydrogen-bond donors (Lipinski definition) is 3. The van der Waals surface area contributed by atoms with Gasteiger partial charge in [-0.2, -0.15) is 0 Å². The van der Waals surface area contributed by atoms with Crippen molar-refractivity contribution in [3.8, 4) is 0 Å². The lowest BCUT2D eigenvalue weighted by Gasteiger charge is -2.26. The Labute approximate surface area is 160 Å². The molecule has 1 aromatic carbocycles. The molecule has 7 heteroatoms. The van der Waals surface area contributed by atoms with Crippen LogP contribution in [0.2, 0.25) is 0 Å². The smallest absolute Gasteiger partial charge is 0.254 e. The van der Waals surface area contributed by atoms with Gasteiger partial charge >= 0.3 is 0 Å². The molecule has 0 spiro atoms. The van der Waals surface area contributed by atoms with Crippen molar-refractivity contribution in [3.05, 3.63) is 35.4 Å². The molecule has 2 fully saturated rings. The maximum atomic E-state index is 12.5. The zero-order valence-electron chi connectivity index (χ0n) is 15.7. The highest BCUT2D eigenvalue weighted by Gasteiger charge is 2.22. The van der Waals surface area contributed by atoms with Gasteiger partial charge in [-0.1, -0.05) is 37.8 Å². The van der Waals surface area contributed by atoms with E-state index in [0.29, 0.717) is 37.2 Å². The van der Waals surface area contributed by atoms with Crippen molar-refractivity contribution in [2.45, 2.75) is 51.1 Å². The van der Waals surface area contributed by atoms with Gasteiger partial charge in [0.1, 0.15) is 0 Å². The Balaban J connectivity index is 1.52. The van der Waals surface area contributed by atoms with Crippen LogP contribution in [-0.4, -0.2) is 48.3 Å². The van der Waals surface area contributed by atoms with Crippen molar-refractivity contribution in [2.24, 2.45) is 10.7 Å². The molecule has 1 saturated carbocycles. The van der Waals surface area contributed by atoms with E-state index >= 15 is 0 Å². The van der Waals surface area contributed by atoms with E-state index in [0.717, 1.165) is 18.4 Å². The largest absolute Gasteiger partial charge is 0.370 e. The molecular weight excluding hydrogens is 342 g/mol. The molecule has 146 valence electrons. The van der Waals surface area contributed by atoms with E-state index in [1.165, 1.54) is 25.7 Å². The number of hydrogen-bond acceptors (Lipinski definition) is 3. The Bertz CT molecular complexity index is 678. The van der Waals surface area contributed by atoms with Gasteiger partial charge in [0.2, 0.25) is 5.91 Å². The van der Waals surface area contributed by atoms with Gasteiger partial charge in [-0.15, -0.1) is 0 Å². The highest BCUT2D eigenvalue weighted by Crippen LogP contribution is 2.17. The van der Waals surface area contributed by atoms with Gasteiger partial charge in [0.05, 0.1) is 13.1 Å². The Morgan fingerprint density at radius 2 is 1.89 bits per heavy atom. The number of carbonyl (C=O) groups is 2. The highest BCUT2D eigenvalue weighted by molar-refractivity contribution is 5.97. The lowest BCUT2D eigenvalue weighted by Crippen LogP contribution is -2.49. The van der Waals surface area contributed by atoms with Gasteiger partial charge in [0.25, 0.3) is 5.91 Å². The summed E-state index contributed by atoms with van der Waals surface area (Å²) in [5.74, 6) is 0.257. The van der Waals surface area contributed by atoms with Crippen LogP contribution in [0, 0.1) is 0 Å². The first-order chi connectivity index (χ1) is 13.1. The third-order valence-corrected chi connectivity index (χ3v) is 5.17. The van der Waals surface area contributed by atoms with Crippen LogP contribution in [0.25, 0.3) is 0 Å². The van der Waals surface area contributed by atoms with E-state index in [2.05, 4.69) is 15.6 Å². The molecule has 2 amide bonds. The summed E-state index contributed by atoms with van der Waals surface area (Å²) in [4.78, 5) is 29.9. The molecule has 27 heavy (non-hydrogen) atoms. The van der Waals surface area contributed by atoms with Crippen LogP contribution in [0.15, 0.2) is 29.3 Å². The summed E-state index contributed by atoms with van der Waals surface area (Å²) in [5.41, 5.74) is 7.61. The number of carbonyl (C=O) groups excluding carboxylic acids is 2. The Kier molecular flexibility index (Phi) is 6.68. The summed E-state index contributed by atoms with van der Waals surface area (Å²) in [7, 11) is 0. The predicted molar refractivity (Wildman–Crippen MR) is 105 cm³/mol. The monoisotopic (exact) mass is 371 g/mol. The van der Waals surface area contributed by atoms with E-state index in [4.69, 9.17) is 5.73 Å². The SMILES string of the molecule is NC(=NCc1ccc(C(=O)N2CCNC(=O)C2)cc1)NC1CCCCCC1. The molecule has 0 radical (unpaired) electrons. The third-order valence-electron chi connectivity index (χ3n) is 5.17. The molecule has 1 aliphatic carbocycles. The fourth-order valence-electron chi connectivity index (χ4n) is 3.60. The number of aliphatic imine (C=N–C) groups is 1. The summed E-state index contributed by atoms with van der Waals surface area (Å²) < 4.78 is 0. The van der Waals surface area contributed by atoms with Crippen molar-refractivity contribution in [3.63, 3.8) is 0 Å². The molecule has 0 bridgehead atoms. The summed E-state index contributed by atoms with van der Waals surface area (Å²) in [6, 6.07) is 7.78. The third kappa shape index (κ3) is 5.70. The Morgan fingerprint density at radius 1 is 1.19 bits per heavy atom. The van der Waals surface area contributed by atoms with Crippen LogP contribution in [0.4, 0.5) is 0 Å². The zero-order chi connectivity index (χ0) is 19.1. The number of nitrogens with two attached hydrogens (primary N) is 1. The Morgan fingerprint density at radius 3 is 2.56 bits per heavy atom. The fraction of sp³-hybridized carbons (Fsp3) is 0.550. The number of nitrogens with one attached hydrogen (secondary N) is 2. The molecule has 3 rings (SSSR count). The van der Waals surface area contributed by atoms with Crippen molar-refractivity contribution in [1.29, 1.82) is 0 Å². The van der Waals surface area contributed by atoms with Crippen LogP contribution >= 0.6 is 0 Å². The van der Waals surface area contributed by atoms with Crippen LogP contribution in [-0.2, 0) is 11.3 Å². The molecule has 4 N–H and O–H groups in total. The first-order valence-corrected chi connectivity index (χ1v) is 9.83. The summed E-state index contributed by atoms with van der Waals surface area (Å²) in [6.45, 7) is 1.64. The molecule has 0 unspecified atom stereocenters. The molecule has 7 nitrogen and oxygen atoms in total. The highest BCUT2D eigenvalue weighted by atomic mass is 16.2. The minimum atomic E-state index is -0.116. The van der Waals surface area contributed by atoms with Gasteiger partial charge in [0.15, 0.2) is 5.96 Å². The summed E-state index contributed by atoms with van der Waals surface area (Å²) in [6.07, 6.45) is 7.42. The van der Waals surface area contributed by atoms with Gasteiger partial charge in [0, 0.05) is 24.7 Å². The molecule has 0 aromatic heterocycles. The van der Waals surface area contributed by atoms with E-state index in [9.17, 15) is 9.59 Å². The molecule has 1 aromatic rings. The van der Waals surface area contributed by atoms with Gasteiger partial charge in [-0.25, -0.2) is 4.99 Å². The molecule has 2 aliphatic rings. The van der Waals surface area contributed by atoms with Crippen LogP contribution < -0.4 is 16.4 Å². The molecule has 0 atom stereocenters. The average Bonchev–Trinajstić information content (AvgIpc) is 2.95. The summed E-state index contributed by atoms with van der Waals surface area (Å²) >= 11 is 0. The van der Waals surface area contributed by atoms with Gasteiger partial charge in [-0.3, -0.25) is 9.59 Å². The van der Waals surface area contributed by atoms with Crippen LogP contribution in [0.3, 0.4) is 0 Å². The van der Waals surface area contributed by atoms with E-state index < -0.39 is 0 Å². The second-order valence-corrected chi connectivity index (χ2v) is 7.31. The lowest BCUT2D eigenvalue weighted by molar-refractivity contribution is -0.123. The second kappa shape index (κ2) is 9.39. The minimum Gasteiger partial charge on any atom is -0.370 e. The van der Waals surface area contributed by atoms with Crippen molar-refractivity contribution < 1.29 is 9.59 Å². The van der Waals surface area contributed by atoms with E-state index in [-0.39, 0.29) is 18.4 Å². The average molecular weight is 371 g/mol. The Hall–Kier alpha value is -2.57. The lowest BCUT2D eigenvalue weighted by atomic mass is 10.1.